The van der Waals surface area contributed by atoms with Crippen LogP contribution in [0.15, 0.2) is 91.0 Å². The molecule has 1 amide bonds. The van der Waals surface area contributed by atoms with E-state index in [0.717, 1.165) is 23.3 Å². The molecule has 1 unspecified atom stereocenters. The molecule has 0 aliphatic heterocycles. The molecule has 41 heavy (non-hydrogen) atoms. The van der Waals surface area contributed by atoms with Crippen molar-refractivity contribution in [3.8, 4) is 28.0 Å². The first-order valence-corrected chi connectivity index (χ1v) is 12.2. The van der Waals surface area contributed by atoms with E-state index in [1.165, 1.54) is 49.6 Å². The Hall–Kier alpha value is -5.19. The van der Waals surface area contributed by atoms with Gasteiger partial charge >= 0.3 is 12.1 Å². The summed E-state index contributed by atoms with van der Waals surface area (Å²) in [5, 5.41) is 23.8. The summed E-state index contributed by atoms with van der Waals surface area (Å²) in [4.78, 5) is 36.0. The number of carbonyl (C=O) groups is 2. The number of ether oxygens (including phenoxy) is 1. The van der Waals surface area contributed by atoms with E-state index in [1.54, 1.807) is 36.4 Å². The van der Waals surface area contributed by atoms with Gasteiger partial charge in [-0.3, -0.25) is 14.9 Å². The molecule has 0 aliphatic carbocycles. The van der Waals surface area contributed by atoms with E-state index in [2.05, 4.69) is 5.32 Å². The number of esters is 1. The molecule has 0 bridgehead atoms. The Balaban J connectivity index is 1.51. The Morgan fingerprint density at radius 1 is 0.878 bits per heavy atom. The molecule has 4 aromatic carbocycles. The number of alkyl halides is 3. The molecular weight excluding hydrogens is 541 g/mol. The number of amides is 1. The lowest BCUT2D eigenvalue weighted by Crippen LogP contribution is -2.43. The zero-order valence-electron chi connectivity index (χ0n) is 21.5. The standard InChI is InChI=1S/C30H23F3N2O6/c1-41-29(38)26(16-18-2-4-19(5-3-18)20-8-13-24(14-9-20)35(39)40)34-28(37)25-17-22(10-15-27(25)36)21-6-11-23(12-7-21)30(31,32)33/h2-15,17,26,36H,16H2,1H3,(H,34,37). The Morgan fingerprint density at radius 3 is 1.93 bits per heavy atom. The van der Waals surface area contributed by atoms with Gasteiger partial charge in [-0.15, -0.1) is 0 Å². The van der Waals surface area contributed by atoms with Crippen LogP contribution in [0.4, 0.5) is 18.9 Å². The van der Waals surface area contributed by atoms with E-state index in [0.29, 0.717) is 16.7 Å². The topological polar surface area (TPSA) is 119 Å². The minimum absolute atomic E-state index is 0.0297. The molecule has 11 heteroatoms. The lowest BCUT2D eigenvalue weighted by Gasteiger charge is -2.18. The first kappa shape index (κ1) is 28.8. The molecule has 0 fully saturated rings. The van der Waals surface area contributed by atoms with Crippen LogP contribution in [-0.2, 0) is 22.1 Å². The quantitative estimate of drug-likeness (QED) is 0.150. The van der Waals surface area contributed by atoms with Crippen LogP contribution < -0.4 is 5.32 Å². The van der Waals surface area contributed by atoms with E-state index in [1.807, 2.05) is 0 Å². The van der Waals surface area contributed by atoms with Gasteiger partial charge in [-0.2, -0.15) is 13.2 Å². The summed E-state index contributed by atoms with van der Waals surface area (Å²) in [6.07, 6.45) is -4.44. The van der Waals surface area contributed by atoms with Crippen molar-refractivity contribution in [2.75, 3.05) is 7.11 Å². The number of halogens is 3. The van der Waals surface area contributed by atoms with E-state index < -0.39 is 34.6 Å². The molecule has 4 rings (SSSR count). The number of phenolic OH excluding ortho intramolecular Hbond substituents is 1. The molecule has 0 aliphatic rings. The number of rotatable bonds is 8. The van der Waals surface area contributed by atoms with Crippen molar-refractivity contribution in [3.63, 3.8) is 0 Å². The van der Waals surface area contributed by atoms with Crippen molar-refractivity contribution < 1.29 is 37.5 Å². The lowest BCUT2D eigenvalue weighted by molar-refractivity contribution is -0.384. The third-order valence-electron chi connectivity index (χ3n) is 6.38. The van der Waals surface area contributed by atoms with Gasteiger partial charge in [0, 0.05) is 18.6 Å². The van der Waals surface area contributed by atoms with E-state index in [9.17, 15) is 38.0 Å². The average Bonchev–Trinajstić information content (AvgIpc) is 2.96. The third-order valence-corrected chi connectivity index (χ3v) is 6.38. The molecule has 1 atom stereocenters. The average molecular weight is 565 g/mol. The summed E-state index contributed by atoms with van der Waals surface area (Å²) in [6, 6.07) is 20.3. The fraction of sp³-hybridized carbons (Fsp3) is 0.133. The van der Waals surface area contributed by atoms with Crippen molar-refractivity contribution >= 4 is 17.6 Å². The highest BCUT2D eigenvalue weighted by atomic mass is 19.4. The van der Waals surface area contributed by atoms with Crippen LogP contribution in [0.1, 0.15) is 21.5 Å². The predicted octanol–water partition coefficient (Wildman–Crippen LogP) is 6.17. The van der Waals surface area contributed by atoms with Crippen LogP contribution in [0.5, 0.6) is 5.75 Å². The Bertz CT molecular complexity index is 1570. The molecule has 0 radical (unpaired) electrons. The second-order valence-corrected chi connectivity index (χ2v) is 9.06. The number of carbonyl (C=O) groups excluding carboxylic acids is 2. The number of hydrogen-bond donors (Lipinski definition) is 2. The minimum Gasteiger partial charge on any atom is -0.507 e. The van der Waals surface area contributed by atoms with Gasteiger partial charge in [-0.25, -0.2) is 4.79 Å². The molecular formula is C30H23F3N2O6. The number of hydrogen-bond acceptors (Lipinski definition) is 6. The lowest BCUT2D eigenvalue weighted by atomic mass is 9.99. The number of nitro benzene ring substituents is 1. The second-order valence-electron chi connectivity index (χ2n) is 9.06. The molecule has 210 valence electrons. The molecule has 0 saturated heterocycles. The Morgan fingerprint density at radius 2 is 1.39 bits per heavy atom. The normalized spacial score (nSPS) is 11.9. The van der Waals surface area contributed by atoms with E-state index >= 15 is 0 Å². The van der Waals surface area contributed by atoms with Gasteiger partial charge in [0.15, 0.2) is 0 Å². The molecule has 4 aromatic rings. The van der Waals surface area contributed by atoms with Gasteiger partial charge in [0.25, 0.3) is 11.6 Å². The van der Waals surface area contributed by atoms with Crippen LogP contribution in [0.3, 0.4) is 0 Å². The largest absolute Gasteiger partial charge is 0.507 e. The number of aromatic hydroxyl groups is 1. The highest BCUT2D eigenvalue weighted by Gasteiger charge is 2.30. The van der Waals surface area contributed by atoms with Gasteiger partial charge in [-0.05, 0) is 64.2 Å². The predicted molar refractivity (Wildman–Crippen MR) is 144 cm³/mol. The van der Waals surface area contributed by atoms with Gasteiger partial charge in [0.1, 0.15) is 11.8 Å². The van der Waals surface area contributed by atoms with E-state index in [4.69, 9.17) is 4.74 Å². The number of phenols is 1. The second kappa shape index (κ2) is 11.9. The number of nitrogens with zero attached hydrogens (tertiary/aromatic N) is 1. The van der Waals surface area contributed by atoms with Gasteiger partial charge in [0.05, 0.1) is 23.2 Å². The van der Waals surface area contributed by atoms with Crippen LogP contribution in [-0.4, -0.2) is 35.1 Å². The molecule has 0 spiro atoms. The van der Waals surface area contributed by atoms with Crippen molar-refractivity contribution in [1.82, 2.24) is 5.32 Å². The first-order chi connectivity index (χ1) is 19.5. The Labute approximate surface area is 232 Å². The van der Waals surface area contributed by atoms with Crippen LogP contribution in [0.2, 0.25) is 0 Å². The number of nitrogens with one attached hydrogen (secondary N) is 1. The van der Waals surface area contributed by atoms with Gasteiger partial charge in [-0.1, -0.05) is 42.5 Å². The molecule has 8 nitrogen and oxygen atoms in total. The number of non-ortho nitro benzene ring substituents is 1. The fourth-order valence-electron chi connectivity index (χ4n) is 4.17. The molecule has 0 heterocycles. The highest BCUT2D eigenvalue weighted by molar-refractivity contribution is 6.00. The maximum Gasteiger partial charge on any atom is 0.416 e. The zero-order valence-corrected chi connectivity index (χ0v) is 21.5. The van der Waals surface area contributed by atoms with Crippen LogP contribution >= 0.6 is 0 Å². The van der Waals surface area contributed by atoms with Gasteiger partial charge < -0.3 is 15.2 Å². The van der Waals surface area contributed by atoms with Gasteiger partial charge in [0.2, 0.25) is 0 Å². The Kier molecular flexibility index (Phi) is 8.37. The summed E-state index contributed by atoms with van der Waals surface area (Å²) < 4.78 is 43.6. The summed E-state index contributed by atoms with van der Waals surface area (Å²) >= 11 is 0. The van der Waals surface area contributed by atoms with Crippen LogP contribution in [0.25, 0.3) is 22.3 Å². The van der Waals surface area contributed by atoms with Crippen molar-refractivity contribution in [1.29, 1.82) is 0 Å². The SMILES string of the molecule is COC(=O)C(Cc1ccc(-c2ccc([N+](=O)[O-])cc2)cc1)NC(=O)c1cc(-c2ccc(C(F)(F)F)cc2)ccc1O. The number of methoxy groups -OCH3 is 1. The smallest absolute Gasteiger partial charge is 0.416 e. The summed E-state index contributed by atoms with van der Waals surface area (Å²) in [5.41, 5.74) is 1.97. The summed E-state index contributed by atoms with van der Waals surface area (Å²) in [5.74, 6) is -1.89. The maximum atomic E-state index is 13.1. The highest BCUT2D eigenvalue weighted by Crippen LogP contribution is 2.32. The zero-order chi connectivity index (χ0) is 29.7. The van der Waals surface area contributed by atoms with E-state index in [-0.39, 0.29) is 23.4 Å². The first-order valence-electron chi connectivity index (χ1n) is 12.2. The summed E-state index contributed by atoms with van der Waals surface area (Å²) in [7, 11) is 1.17. The van der Waals surface area contributed by atoms with Crippen molar-refractivity contribution in [3.05, 3.63) is 118 Å². The molecule has 0 saturated carbocycles. The minimum atomic E-state index is -4.49. The fourth-order valence-corrected chi connectivity index (χ4v) is 4.17. The molecule has 2 N–H and O–H groups in total. The van der Waals surface area contributed by atoms with Crippen molar-refractivity contribution in [2.24, 2.45) is 0 Å². The number of benzene rings is 4. The van der Waals surface area contributed by atoms with Crippen molar-refractivity contribution in [2.45, 2.75) is 18.6 Å². The molecule has 0 aromatic heterocycles. The third kappa shape index (κ3) is 6.88. The maximum absolute atomic E-state index is 13.1. The number of nitro groups is 1. The monoisotopic (exact) mass is 564 g/mol. The van der Waals surface area contributed by atoms with Crippen LogP contribution in [0, 0.1) is 10.1 Å². The summed E-state index contributed by atoms with van der Waals surface area (Å²) in [6.45, 7) is 0.